The number of nitrogens with zero attached hydrogens (tertiary/aromatic N) is 2. The molecule has 2 heterocycles. The van der Waals surface area contributed by atoms with Crippen LogP contribution in [0.4, 0.5) is 5.69 Å². The van der Waals surface area contributed by atoms with Gasteiger partial charge in [-0.2, -0.15) is 0 Å². The number of rotatable bonds is 3. The molecular weight excluding hydrogens is 282 g/mol. The number of hydrogen-bond acceptors (Lipinski definition) is 4. The lowest BCUT2D eigenvalue weighted by molar-refractivity contribution is 0.986. The molecule has 0 saturated carbocycles. The fraction of sp³-hybridized carbons (Fsp3) is 0.250. The number of fused-ring (bicyclic) bond motifs is 1. The van der Waals surface area contributed by atoms with E-state index < -0.39 is 0 Å². The van der Waals surface area contributed by atoms with Gasteiger partial charge in [0.2, 0.25) is 0 Å². The normalized spacial score (nSPS) is 11.0. The number of aromatic nitrogens is 2. The molecule has 0 unspecified atom stereocenters. The summed E-state index contributed by atoms with van der Waals surface area (Å²) >= 11 is 1.47. The lowest BCUT2D eigenvalue weighted by Gasteiger charge is -2.13. The molecule has 0 radical (unpaired) electrons. The first-order valence-corrected chi connectivity index (χ1v) is 7.70. The predicted octanol–water partition coefficient (Wildman–Crippen LogP) is 3.29. The molecule has 3 aromatic rings. The van der Waals surface area contributed by atoms with Gasteiger partial charge in [0.25, 0.3) is 5.56 Å². The highest BCUT2D eigenvalue weighted by Crippen LogP contribution is 2.22. The third-order valence-corrected chi connectivity index (χ3v) is 4.24. The zero-order chi connectivity index (χ0) is 15.0. The second kappa shape index (κ2) is 5.33. The maximum atomic E-state index is 12.0. The quantitative estimate of drug-likeness (QED) is 0.807. The van der Waals surface area contributed by atoms with Crippen LogP contribution in [0.3, 0.4) is 0 Å². The Labute approximate surface area is 127 Å². The Bertz CT molecular complexity index is 840. The Hall–Kier alpha value is -2.14. The molecule has 0 bridgehead atoms. The Kier molecular flexibility index (Phi) is 3.51. The number of nitrogens with one attached hydrogen (secondary N) is 1. The number of aryl methyl sites for hydroxylation is 3. The molecule has 0 aliphatic heterocycles. The van der Waals surface area contributed by atoms with Crippen LogP contribution in [0.2, 0.25) is 0 Å². The molecule has 0 saturated heterocycles. The van der Waals surface area contributed by atoms with Crippen LogP contribution in [-0.4, -0.2) is 9.38 Å². The Morgan fingerprint density at radius 3 is 2.62 bits per heavy atom. The van der Waals surface area contributed by atoms with Crippen LogP contribution in [0, 0.1) is 20.8 Å². The van der Waals surface area contributed by atoms with Gasteiger partial charge in [0.1, 0.15) is 0 Å². The van der Waals surface area contributed by atoms with E-state index in [0.717, 1.165) is 16.3 Å². The van der Waals surface area contributed by atoms with Gasteiger partial charge in [-0.25, -0.2) is 4.98 Å². The maximum Gasteiger partial charge on any atom is 0.258 e. The molecule has 0 spiro atoms. The van der Waals surface area contributed by atoms with Crippen molar-refractivity contribution in [3.05, 3.63) is 62.5 Å². The molecule has 5 heteroatoms. The zero-order valence-electron chi connectivity index (χ0n) is 12.3. The van der Waals surface area contributed by atoms with Gasteiger partial charge in [0.15, 0.2) is 4.96 Å². The van der Waals surface area contributed by atoms with Gasteiger partial charge in [-0.05, 0) is 31.9 Å². The minimum Gasteiger partial charge on any atom is -0.379 e. The summed E-state index contributed by atoms with van der Waals surface area (Å²) in [5.41, 5.74) is 5.53. The topological polar surface area (TPSA) is 46.4 Å². The van der Waals surface area contributed by atoms with Crippen LogP contribution in [0.25, 0.3) is 4.96 Å². The third-order valence-electron chi connectivity index (χ3n) is 3.48. The molecule has 3 rings (SSSR count). The highest BCUT2D eigenvalue weighted by molar-refractivity contribution is 7.15. The molecule has 108 valence electrons. The van der Waals surface area contributed by atoms with Crippen LogP contribution in [0.15, 0.2) is 34.6 Å². The van der Waals surface area contributed by atoms with Crippen LogP contribution >= 0.6 is 11.3 Å². The molecule has 21 heavy (non-hydrogen) atoms. The minimum absolute atomic E-state index is 0.0320. The van der Waals surface area contributed by atoms with E-state index in [2.05, 4.69) is 43.2 Å². The summed E-state index contributed by atoms with van der Waals surface area (Å²) in [5, 5.41) is 5.27. The van der Waals surface area contributed by atoms with E-state index >= 15 is 0 Å². The van der Waals surface area contributed by atoms with Gasteiger partial charge < -0.3 is 5.32 Å². The number of benzene rings is 1. The number of hydrogen-bond donors (Lipinski definition) is 1. The van der Waals surface area contributed by atoms with Gasteiger partial charge in [-0.3, -0.25) is 9.20 Å². The molecule has 0 amide bonds. The molecular formula is C16H17N3OS. The van der Waals surface area contributed by atoms with Gasteiger partial charge in [-0.15, -0.1) is 11.3 Å². The molecule has 1 N–H and O–H groups in total. The van der Waals surface area contributed by atoms with Crippen LogP contribution in [-0.2, 0) is 6.54 Å². The minimum atomic E-state index is -0.0320. The van der Waals surface area contributed by atoms with E-state index in [0.29, 0.717) is 6.54 Å². The van der Waals surface area contributed by atoms with Crippen molar-refractivity contribution in [2.45, 2.75) is 27.3 Å². The van der Waals surface area contributed by atoms with E-state index in [1.807, 2.05) is 5.38 Å². The van der Waals surface area contributed by atoms with Crippen LogP contribution in [0.5, 0.6) is 0 Å². The number of thiazole rings is 1. The van der Waals surface area contributed by atoms with Crippen molar-refractivity contribution in [1.29, 1.82) is 0 Å². The largest absolute Gasteiger partial charge is 0.379 e. The highest BCUT2D eigenvalue weighted by atomic mass is 32.1. The number of anilines is 1. The maximum absolute atomic E-state index is 12.0. The van der Waals surface area contributed by atoms with Gasteiger partial charge in [0.05, 0.1) is 12.2 Å². The van der Waals surface area contributed by atoms with Crippen molar-refractivity contribution in [2.24, 2.45) is 0 Å². The van der Waals surface area contributed by atoms with Crippen molar-refractivity contribution < 1.29 is 0 Å². The summed E-state index contributed by atoms with van der Waals surface area (Å²) in [6.07, 6.45) is 1.75. The van der Waals surface area contributed by atoms with E-state index in [1.165, 1.54) is 28.0 Å². The fourth-order valence-electron chi connectivity index (χ4n) is 2.62. The van der Waals surface area contributed by atoms with E-state index in [4.69, 9.17) is 0 Å². The first-order chi connectivity index (χ1) is 10.0. The first kappa shape index (κ1) is 13.8. The summed E-state index contributed by atoms with van der Waals surface area (Å²) in [7, 11) is 0. The SMILES string of the molecule is Cc1cc(C)c(NCc2cc(=O)n3ccsc3n2)c(C)c1. The average molecular weight is 299 g/mol. The lowest BCUT2D eigenvalue weighted by atomic mass is 10.1. The van der Waals surface area contributed by atoms with Gasteiger partial charge in [0, 0.05) is 23.3 Å². The first-order valence-electron chi connectivity index (χ1n) is 6.82. The third kappa shape index (κ3) is 2.69. The van der Waals surface area contributed by atoms with Crippen LogP contribution in [0.1, 0.15) is 22.4 Å². The lowest BCUT2D eigenvalue weighted by Crippen LogP contribution is -2.15. The van der Waals surface area contributed by atoms with E-state index in [-0.39, 0.29) is 5.56 Å². The highest BCUT2D eigenvalue weighted by Gasteiger charge is 2.06. The molecule has 0 aliphatic carbocycles. The zero-order valence-corrected chi connectivity index (χ0v) is 13.1. The second-order valence-electron chi connectivity index (χ2n) is 5.27. The predicted molar refractivity (Wildman–Crippen MR) is 87.3 cm³/mol. The Morgan fingerprint density at radius 1 is 1.19 bits per heavy atom. The van der Waals surface area contributed by atoms with Crippen molar-refractivity contribution in [3.63, 3.8) is 0 Å². The van der Waals surface area contributed by atoms with Crippen molar-refractivity contribution >= 4 is 22.0 Å². The smallest absolute Gasteiger partial charge is 0.258 e. The standard InChI is InChI=1S/C16H17N3OS/c1-10-6-11(2)15(12(3)7-10)17-9-13-8-14(20)19-4-5-21-16(19)18-13/h4-8,17H,9H2,1-3H3. The average Bonchev–Trinajstić information content (AvgIpc) is 2.86. The summed E-state index contributed by atoms with van der Waals surface area (Å²) in [4.78, 5) is 17.2. The molecule has 4 nitrogen and oxygen atoms in total. The monoisotopic (exact) mass is 299 g/mol. The van der Waals surface area contributed by atoms with Gasteiger partial charge in [-0.1, -0.05) is 17.7 Å². The molecule has 1 aromatic carbocycles. The molecule has 2 aromatic heterocycles. The van der Waals surface area contributed by atoms with Crippen molar-refractivity contribution in [1.82, 2.24) is 9.38 Å². The van der Waals surface area contributed by atoms with E-state index in [1.54, 1.807) is 16.7 Å². The van der Waals surface area contributed by atoms with Crippen molar-refractivity contribution in [3.8, 4) is 0 Å². The summed E-state index contributed by atoms with van der Waals surface area (Å²) < 4.78 is 1.57. The fourth-order valence-corrected chi connectivity index (χ4v) is 3.35. The Morgan fingerprint density at radius 2 is 1.90 bits per heavy atom. The molecule has 0 fully saturated rings. The summed E-state index contributed by atoms with van der Waals surface area (Å²) in [6.45, 7) is 6.82. The van der Waals surface area contributed by atoms with E-state index in [9.17, 15) is 4.79 Å². The summed E-state index contributed by atoms with van der Waals surface area (Å²) in [6, 6.07) is 5.89. The second-order valence-corrected chi connectivity index (χ2v) is 6.14. The molecule has 0 atom stereocenters. The van der Waals surface area contributed by atoms with Crippen molar-refractivity contribution in [2.75, 3.05) is 5.32 Å². The Balaban J connectivity index is 1.88. The van der Waals surface area contributed by atoms with Gasteiger partial charge >= 0.3 is 0 Å². The molecule has 0 aliphatic rings. The summed E-state index contributed by atoms with van der Waals surface area (Å²) in [5.74, 6) is 0. The van der Waals surface area contributed by atoms with Crippen LogP contribution < -0.4 is 10.9 Å².